The molecule has 1 aliphatic rings. The van der Waals surface area contributed by atoms with Crippen molar-refractivity contribution in [1.82, 2.24) is 5.32 Å². The van der Waals surface area contributed by atoms with Crippen LogP contribution in [0.15, 0.2) is 0 Å². The van der Waals surface area contributed by atoms with Crippen molar-refractivity contribution in [3.8, 4) is 6.07 Å². The number of amides is 1. The number of carbonyl (C=O) groups is 1. The summed E-state index contributed by atoms with van der Waals surface area (Å²) in [6, 6.07) is 2.17. The molecule has 5 nitrogen and oxygen atoms in total. The largest absolute Gasteiger partial charge is 0.396 e. The average Bonchev–Trinajstić information content (AvgIpc) is 2.68. The number of hydrogen-bond acceptors (Lipinski definition) is 6. The molecule has 2 rings (SSSR count). The highest BCUT2D eigenvalue weighted by atomic mass is 32.2. The Balaban J connectivity index is 2.29. The summed E-state index contributed by atoms with van der Waals surface area (Å²) in [5.41, 5.74) is 6.80. The summed E-state index contributed by atoms with van der Waals surface area (Å²) in [5.74, 6) is 2.01. The first kappa shape index (κ1) is 16.0. The summed E-state index contributed by atoms with van der Waals surface area (Å²) >= 11 is 3.27. The van der Waals surface area contributed by atoms with Crippen LogP contribution in [0.5, 0.6) is 0 Å². The molecule has 1 aromatic rings. The van der Waals surface area contributed by atoms with Crippen LogP contribution in [0.2, 0.25) is 0 Å². The van der Waals surface area contributed by atoms with Crippen LogP contribution in [0.1, 0.15) is 35.0 Å². The molecule has 1 amide bonds. The van der Waals surface area contributed by atoms with Crippen LogP contribution >= 0.6 is 23.1 Å². The Morgan fingerprint density at radius 2 is 2.29 bits per heavy atom. The molecule has 21 heavy (non-hydrogen) atoms. The number of thioether (sulfide) groups is 1. The second kappa shape index (κ2) is 7.57. The molecule has 2 heterocycles. The predicted octanol–water partition coefficient (Wildman–Crippen LogP) is 2.29. The lowest BCUT2D eigenvalue weighted by molar-refractivity contribution is 0.0958. The highest BCUT2D eigenvalue weighted by Crippen LogP contribution is 2.38. The topological polar surface area (TPSA) is 82.2 Å². The van der Waals surface area contributed by atoms with Crippen LogP contribution in [-0.4, -0.2) is 37.0 Å². The fourth-order valence-electron chi connectivity index (χ4n) is 2.20. The zero-order valence-corrected chi connectivity index (χ0v) is 13.8. The highest BCUT2D eigenvalue weighted by Gasteiger charge is 2.24. The minimum atomic E-state index is -0.175. The van der Waals surface area contributed by atoms with Crippen LogP contribution in [0.4, 0.5) is 10.7 Å². The van der Waals surface area contributed by atoms with E-state index in [-0.39, 0.29) is 5.91 Å². The third-order valence-electron chi connectivity index (χ3n) is 3.29. The zero-order chi connectivity index (χ0) is 15.2. The number of rotatable bonds is 4. The van der Waals surface area contributed by atoms with E-state index in [0.29, 0.717) is 22.7 Å². The Morgan fingerprint density at radius 3 is 3.00 bits per heavy atom. The molecular formula is C14H20N4OS2. The van der Waals surface area contributed by atoms with Crippen LogP contribution in [0, 0.1) is 11.3 Å². The summed E-state index contributed by atoms with van der Waals surface area (Å²) in [5, 5.41) is 13.1. The fraction of sp³-hybridized carbons (Fsp3) is 0.571. The summed E-state index contributed by atoms with van der Waals surface area (Å²) in [6.07, 6.45) is 1.96. The lowest BCUT2D eigenvalue weighted by Crippen LogP contribution is -2.25. The van der Waals surface area contributed by atoms with E-state index in [1.54, 1.807) is 0 Å². The summed E-state index contributed by atoms with van der Waals surface area (Å²) in [4.78, 5) is 14.8. The van der Waals surface area contributed by atoms with Gasteiger partial charge in [-0.05, 0) is 18.6 Å². The number of nitrogens with zero attached hydrogens (tertiary/aromatic N) is 2. The van der Waals surface area contributed by atoms with Gasteiger partial charge in [-0.3, -0.25) is 4.79 Å². The molecule has 3 N–H and O–H groups in total. The van der Waals surface area contributed by atoms with E-state index in [1.807, 2.05) is 18.7 Å². The van der Waals surface area contributed by atoms with Crippen molar-refractivity contribution in [2.75, 3.05) is 41.8 Å². The highest BCUT2D eigenvalue weighted by molar-refractivity contribution is 7.99. The summed E-state index contributed by atoms with van der Waals surface area (Å²) in [7, 11) is 0. The van der Waals surface area contributed by atoms with Crippen molar-refractivity contribution < 1.29 is 4.79 Å². The second-order valence-electron chi connectivity index (χ2n) is 4.85. The molecular weight excluding hydrogens is 304 g/mol. The third kappa shape index (κ3) is 3.63. The standard InChI is InChI=1S/C14H20N4OS2/c1-2-4-17-13(19)12-11(16)10(9-15)14(21-12)18-5-3-7-20-8-6-18/h2-8,16H2,1H3,(H,17,19). The molecule has 114 valence electrons. The molecule has 0 spiro atoms. The van der Waals surface area contributed by atoms with Crippen molar-refractivity contribution in [3.05, 3.63) is 10.4 Å². The van der Waals surface area contributed by atoms with Crippen LogP contribution < -0.4 is 16.0 Å². The van der Waals surface area contributed by atoms with Gasteiger partial charge in [0.25, 0.3) is 5.91 Å². The quantitative estimate of drug-likeness (QED) is 0.888. The Kier molecular flexibility index (Phi) is 5.76. The van der Waals surface area contributed by atoms with Crippen molar-refractivity contribution in [2.24, 2.45) is 0 Å². The zero-order valence-electron chi connectivity index (χ0n) is 12.1. The maximum Gasteiger partial charge on any atom is 0.263 e. The van der Waals surface area contributed by atoms with Gasteiger partial charge >= 0.3 is 0 Å². The van der Waals surface area contributed by atoms with E-state index >= 15 is 0 Å². The minimum Gasteiger partial charge on any atom is -0.396 e. The summed E-state index contributed by atoms with van der Waals surface area (Å²) < 4.78 is 0. The molecule has 0 atom stereocenters. The summed E-state index contributed by atoms with van der Waals surface area (Å²) in [6.45, 7) is 4.43. The van der Waals surface area contributed by atoms with E-state index in [0.717, 1.165) is 42.4 Å². The van der Waals surface area contributed by atoms with Crippen molar-refractivity contribution in [3.63, 3.8) is 0 Å². The van der Waals surface area contributed by atoms with Gasteiger partial charge in [-0.1, -0.05) is 6.92 Å². The van der Waals surface area contributed by atoms with E-state index in [2.05, 4.69) is 16.3 Å². The number of nitrogen functional groups attached to an aromatic ring is 1. The van der Waals surface area contributed by atoms with Gasteiger partial charge in [0.2, 0.25) is 0 Å². The number of nitrogens with two attached hydrogens (primary N) is 1. The molecule has 1 aliphatic heterocycles. The molecule has 0 radical (unpaired) electrons. The lowest BCUT2D eigenvalue weighted by Gasteiger charge is -2.20. The number of carbonyl (C=O) groups excluding carboxylic acids is 1. The monoisotopic (exact) mass is 324 g/mol. The van der Waals surface area contributed by atoms with Gasteiger partial charge in [-0.25, -0.2) is 0 Å². The number of nitrogens with one attached hydrogen (secondary N) is 1. The predicted molar refractivity (Wildman–Crippen MR) is 90.2 cm³/mol. The van der Waals surface area contributed by atoms with Crippen LogP contribution in [0.3, 0.4) is 0 Å². The number of hydrogen-bond donors (Lipinski definition) is 2. The van der Waals surface area contributed by atoms with Gasteiger partial charge < -0.3 is 16.0 Å². The first-order chi connectivity index (χ1) is 10.2. The Labute approximate surface area is 133 Å². The van der Waals surface area contributed by atoms with E-state index in [9.17, 15) is 10.1 Å². The second-order valence-corrected chi connectivity index (χ2v) is 7.07. The van der Waals surface area contributed by atoms with Gasteiger partial charge in [-0.15, -0.1) is 11.3 Å². The third-order valence-corrected chi connectivity index (χ3v) is 5.60. The molecule has 0 saturated carbocycles. The maximum absolute atomic E-state index is 12.1. The number of anilines is 2. The molecule has 1 saturated heterocycles. The molecule has 1 fully saturated rings. The normalized spacial score (nSPS) is 15.3. The smallest absolute Gasteiger partial charge is 0.263 e. The van der Waals surface area contributed by atoms with Gasteiger partial charge in [0.05, 0.1) is 5.69 Å². The Hall–Kier alpha value is -1.39. The average molecular weight is 324 g/mol. The molecule has 7 heteroatoms. The van der Waals surface area contributed by atoms with Crippen molar-refractivity contribution in [1.29, 1.82) is 5.26 Å². The van der Waals surface area contributed by atoms with E-state index in [1.165, 1.54) is 11.3 Å². The van der Waals surface area contributed by atoms with Gasteiger partial charge in [0, 0.05) is 25.4 Å². The van der Waals surface area contributed by atoms with Crippen molar-refractivity contribution in [2.45, 2.75) is 19.8 Å². The molecule has 0 aliphatic carbocycles. The molecule has 0 bridgehead atoms. The lowest BCUT2D eigenvalue weighted by atomic mass is 10.2. The Morgan fingerprint density at radius 1 is 1.48 bits per heavy atom. The van der Waals surface area contributed by atoms with Crippen molar-refractivity contribution >= 4 is 39.7 Å². The van der Waals surface area contributed by atoms with Gasteiger partial charge in [-0.2, -0.15) is 17.0 Å². The van der Waals surface area contributed by atoms with Gasteiger partial charge in [0.15, 0.2) is 0 Å². The first-order valence-electron chi connectivity index (χ1n) is 7.12. The Bertz CT molecular complexity index is 542. The fourth-order valence-corrected chi connectivity index (χ4v) is 4.23. The van der Waals surface area contributed by atoms with Crippen LogP contribution in [0.25, 0.3) is 0 Å². The molecule has 0 aromatic carbocycles. The number of nitriles is 1. The van der Waals surface area contributed by atoms with Gasteiger partial charge in [0.1, 0.15) is 21.5 Å². The van der Waals surface area contributed by atoms with E-state index in [4.69, 9.17) is 5.73 Å². The SMILES string of the molecule is CCCNC(=O)c1sc(N2CCCSCC2)c(C#N)c1N. The number of thiophene rings is 1. The van der Waals surface area contributed by atoms with E-state index < -0.39 is 0 Å². The maximum atomic E-state index is 12.1. The molecule has 0 unspecified atom stereocenters. The molecule has 1 aromatic heterocycles. The minimum absolute atomic E-state index is 0.175. The first-order valence-corrected chi connectivity index (χ1v) is 9.09. The van der Waals surface area contributed by atoms with Crippen LogP contribution in [-0.2, 0) is 0 Å².